The first-order chi connectivity index (χ1) is 20.1. The number of rotatable bonds is 11. The first kappa shape index (κ1) is 31.5. The summed E-state index contributed by atoms with van der Waals surface area (Å²) in [6.07, 6.45) is 1.67. The van der Waals surface area contributed by atoms with Gasteiger partial charge in [0.15, 0.2) is 0 Å². The first-order valence-corrected chi connectivity index (χ1v) is 16.3. The number of carbonyl (C=O) groups excluding carboxylic acids is 2. The third-order valence-corrected chi connectivity index (χ3v) is 8.86. The summed E-state index contributed by atoms with van der Waals surface area (Å²) in [5.74, 6) is -0.258. The predicted molar refractivity (Wildman–Crippen MR) is 163 cm³/mol. The molecule has 1 heterocycles. The largest absolute Gasteiger partial charge is 0.445 e. The van der Waals surface area contributed by atoms with Crippen molar-refractivity contribution in [2.24, 2.45) is 5.92 Å². The minimum atomic E-state index is -3.46. The SMILES string of the molecule is CC(CCC(=O)NC1CCCN(C(=O)OCc2ccccc2)CC1O)CN(Cc1ccc2ccccc2c1)S(C)(=O)=O. The van der Waals surface area contributed by atoms with Crippen LogP contribution in [0.25, 0.3) is 10.8 Å². The highest BCUT2D eigenvalue weighted by atomic mass is 32.2. The van der Waals surface area contributed by atoms with E-state index in [0.29, 0.717) is 32.4 Å². The van der Waals surface area contributed by atoms with Crippen LogP contribution in [-0.4, -0.2) is 72.8 Å². The quantitative estimate of drug-likeness (QED) is 0.342. The van der Waals surface area contributed by atoms with Crippen molar-refractivity contribution in [3.63, 3.8) is 0 Å². The number of benzene rings is 3. The molecule has 1 fully saturated rings. The summed E-state index contributed by atoms with van der Waals surface area (Å²) in [5, 5.41) is 15.8. The van der Waals surface area contributed by atoms with E-state index in [-0.39, 0.29) is 37.9 Å². The number of hydrogen-bond acceptors (Lipinski definition) is 6. The second kappa shape index (κ2) is 14.6. The fourth-order valence-electron chi connectivity index (χ4n) is 5.24. The number of β-amino-alcohol motifs (C(OH)–C–C–N with tert-alkyl or cyclic N) is 1. The van der Waals surface area contributed by atoms with Crippen LogP contribution in [0.5, 0.6) is 0 Å². The van der Waals surface area contributed by atoms with E-state index in [2.05, 4.69) is 5.32 Å². The van der Waals surface area contributed by atoms with Crippen LogP contribution in [0.3, 0.4) is 0 Å². The zero-order valence-corrected chi connectivity index (χ0v) is 25.1. The minimum Gasteiger partial charge on any atom is -0.445 e. The number of hydrogen-bond donors (Lipinski definition) is 2. The van der Waals surface area contributed by atoms with Crippen molar-refractivity contribution in [1.29, 1.82) is 0 Å². The number of aliphatic hydroxyl groups excluding tert-OH is 1. The lowest BCUT2D eigenvalue weighted by Crippen LogP contribution is -2.47. The third-order valence-electron chi connectivity index (χ3n) is 7.65. The van der Waals surface area contributed by atoms with Crippen molar-refractivity contribution in [1.82, 2.24) is 14.5 Å². The number of nitrogens with one attached hydrogen (secondary N) is 1. The fraction of sp³-hybridized carbons (Fsp3) is 0.438. The molecule has 9 nitrogen and oxygen atoms in total. The maximum Gasteiger partial charge on any atom is 0.410 e. The first-order valence-electron chi connectivity index (χ1n) is 14.4. The molecule has 226 valence electrons. The van der Waals surface area contributed by atoms with E-state index < -0.39 is 28.3 Å². The molecular formula is C32H41N3O6S. The van der Waals surface area contributed by atoms with Crippen LogP contribution in [-0.2, 0) is 32.7 Å². The van der Waals surface area contributed by atoms with Crippen LogP contribution >= 0.6 is 0 Å². The molecule has 1 aliphatic heterocycles. The number of nitrogens with zero attached hydrogens (tertiary/aromatic N) is 2. The van der Waals surface area contributed by atoms with Crippen LogP contribution in [0.2, 0.25) is 0 Å². The Kier molecular flexibility index (Phi) is 11.0. The Morgan fingerprint density at radius 3 is 2.50 bits per heavy atom. The Labute approximate surface area is 248 Å². The number of likely N-dealkylation sites (tertiary alicyclic amines) is 1. The predicted octanol–water partition coefficient (Wildman–Crippen LogP) is 4.30. The van der Waals surface area contributed by atoms with E-state index in [9.17, 15) is 23.1 Å². The van der Waals surface area contributed by atoms with Gasteiger partial charge in [-0.2, -0.15) is 4.31 Å². The maximum absolute atomic E-state index is 12.8. The smallest absolute Gasteiger partial charge is 0.410 e. The molecule has 3 aromatic rings. The fourth-order valence-corrected chi connectivity index (χ4v) is 6.15. The van der Waals surface area contributed by atoms with E-state index >= 15 is 0 Å². The summed E-state index contributed by atoms with van der Waals surface area (Å²) < 4.78 is 32.0. The van der Waals surface area contributed by atoms with Gasteiger partial charge in [-0.1, -0.05) is 73.7 Å². The number of sulfonamides is 1. The van der Waals surface area contributed by atoms with Gasteiger partial charge in [0.1, 0.15) is 6.61 Å². The summed E-state index contributed by atoms with van der Waals surface area (Å²) >= 11 is 0. The van der Waals surface area contributed by atoms with Gasteiger partial charge >= 0.3 is 6.09 Å². The molecule has 0 aromatic heterocycles. The van der Waals surface area contributed by atoms with Crippen molar-refractivity contribution in [3.8, 4) is 0 Å². The summed E-state index contributed by atoms with van der Waals surface area (Å²) in [6, 6.07) is 22.8. The highest BCUT2D eigenvalue weighted by Gasteiger charge is 2.30. The summed E-state index contributed by atoms with van der Waals surface area (Å²) in [6.45, 7) is 3.17. The molecule has 4 rings (SSSR count). The molecule has 0 saturated carbocycles. The van der Waals surface area contributed by atoms with Crippen LogP contribution < -0.4 is 5.32 Å². The average Bonchev–Trinajstić information content (AvgIpc) is 3.15. The Balaban J connectivity index is 1.24. The van der Waals surface area contributed by atoms with Gasteiger partial charge in [0.25, 0.3) is 0 Å². The number of aliphatic hydroxyl groups is 1. The molecule has 0 bridgehead atoms. The van der Waals surface area contributed by atoms with E-state index in [0.717, 1.165) is 21.9 Å². The Bertz CT molecular complexity index is 1450. The molecule has 1 aliphatic rings. The van der Waals surface area contributed by atoms with E-state index in [4.69, 9.17) is 4.74 Å². The lowest BCUT2D eigenvalue weighted by Gasteiger charge is -2.26. The molecule has 3 atom stereocenters. The summed E-state index contributed by atoms with van der Waals surface area (Å²) in [5.41, 5.74) is 1.79. The minimum absolute atomic E-state index is 0.0557. The van der Waals surface area contributed by atoms with Gasteiger partial charge in [-0.05, 0) is 53.1 Å². The Morgan fingerprint density at radius 1 is 1.05 bits per heavy atom. The van der Waals surface area contributed by atoms with E-state index in [1.165, 1.54) is 15.5 Å². The second-order valence-electron chi connectivity index (χ2n) is 11.3. The molecule has 1 saturated heterocycles. The molecule has 42 heavy (non-hydrogen) atoms. The average molecular weight is 596 g/mol. The van der Waals surface area contributed by atoms with Crippen LogP contribution in [0, 0.1) is 5.92 Å². The van der Waals surface area contributed by atoms with E-state index in [1.54, 1.807) is 0 Å². The van der Waals surface area contributed by atoms with Crippen LogP contribution in [0.1, 0.15) is 43.7 Å². The van der Waals surface area contributed by atoms with Crippen LogP contribution in [0.15, 0.2) is 72.8 Å². The van der Waals surface area contributed by atoms with Gasteiger partial charge in [0.05, 0.1) is 24.9 Å². The highest BCUT2D eigenvalue weighted by Crippen LogP contribution is 2.20. The number of fused-ring (bicyclic) bond motifs is 1. The van der Waals surface area contributed by atoms with Crippen molar-refractivity contribution in [2.75, 3.05) is 25.9 Å². The van der Waals surface area contributed by atoms with Gasteiger partial charge in [-0.3, -0.25) is 4.79 Å². The molecule has 3 aromatic carbocycles. The molecule has 0 aliphatic carbocycles. The highest BCUT2D eigenvalue weighted by molar-refractivity contribution is 7.88. The number of carbonyl (C=O) groups is 2. The van der Waals surface area contributed by atoms with Gasteiger partial charge in [0.2, 0.25) is 15.9 Å². The molecule has 0 radical (unpaired) electrons. The molecule has 2 amide bonds. The number of ether oxygens (including phenoxy) is 1. The summed E-state index contributed by atoms with van der Waals surface area (Å²) in [7, 11) is -3.46. The molecule has 3 unspecified atom stereocenters. The van der Waals surface area contributed by atoms with Gasteiger partial charge < -0.3 is 20.1 Å². The second-order valence-corrected chi connectivity index (χ2v) is 13.2. The van der Waals surface area contributed by atoms with Crippen LogP contribution in [0.4, 0.5) is 4.79 Å². The van der Waals surface area contributed by atoms with Crippen molar-refractivity contribution < 1.29 is 27.9 Å². The van der Waals surface area contributed by atoms with Gasteiger partial charge in [-0.15, -0.1) is 0 Å². The Hall–Kier alpha value is -3.47. The van der Waals surface area contributed by atoms with Crippen molar-refractivity contribution in [2.45, 2.75) is 57.9 Å². The Morgan fingerprint density at radius 2 is 1.76 bits per heavy atom. The van der Waals surface area contributed by atoms with E-state index in [1.807, 2.05) is 79.7 Å². The molecular weight excluding hydrogens is 554 g/mol. The van der Waals surface area contributed by atoms with Crippen molar-refractivity contribution in [3.05, 3.63) is 83.9 Å². The topological polar surface area (TPSA) is 116 Å². The molecule has 0 spiro atoms. The normalized spacial score (nSPS) is 18.4. The number of amides is 2. The van der Waals surface area contributed by atoms with Gasteiger partial charge in [-0.25, -0.2) is 13.2 Å². The molecule has 2 N–H and O–H groups in total. The van der Waals surface area contributed by atoms with Crippen molar-refractivity contribution >= 4 is 32.8 Å². The third kappa shape index (κ3) is 9.27. The summed E-state index contributed by atoms with van der Waals surface area (Å²) in [4.78, 5) is 26.8. The standard InChI is InChI=1S/C32H41N3O6S/c1-24(20-35(42(2,39)40)21-26-15-16-27-11-6-7-12-28(27)19-26)14-17-31(37)33-29-13-8-18-34(22-30(29)36)32(38)41-23-25-9-4-3-5-10-25/h3-7,9-12,15-16,19,24,29-30,36H,8,13-14,17-18,20-23H2,1-2H3,(H,33,37). The zero-order valence-electron chi connectivity index (χ0n) is 24.3. The monoisotopic (exact) mass is 595 g/mol. The maximum atomic E-state index is 12.8. The zero-order chi connectivity index (χ0) is 30.1. The lowest BCUT2D eigenvalue weighted by atomic mass is 10.0. The molecule has 10 heteroatoms. The van der Waals surface area contributed by atoms with Gasteiger partial charge in [0, 0.05) is 26.1 Å². The lowest BCUT2D eigenvalue weighted by molar-refractivity contribution is -0.123.